The highest BCUT2D eigenvalue weighted by atomic mass is 79.9. The molecule has 0 saturated carbocycles. The highest BCUT2D eigenvalue weighted by molar-refractivity contribution is 9.11. The molecule has 30 heavy (non-hydrogen) atoms. The largest absolute Gasteiger partial charge is 0.381 e. The van der Waals surface area contributed by atoms with Crippen LogP contribution in [-0.4, -0.2) is 19.5 Å². The van der Waals surface area contributed by atoms with Crippen molar-refractivity contribution in [3.05, 3.63) is 103 Å². The summed E-state index contributed by atoms with van der Waals surface area (Å²) in [6, 6.07) is 23.6. The van der Waals surface area contributed by atoms with Crippen molar-refractivity contribution >= 4 is 66.2 Å². The van der Waals surface area contributed by atoms with Gasteiger partial charge in [-0.25, -0.2) is 0 Å². The molecule has 0 atom stereocenters. The van der Waals surface area contributed by atoms with Gasteiger partial charge in [-0.2, -0.15) is 0 Å². The molecule has 5 heteroatoms. The Morgan fingerprint density at radius 1 is 0.600 bits per heavy atom. The van der Waals surface area contributed by atoms with Crippen molar-refractivity contribution < 1.29 is 9.53 Å². The maximum Gasteiger partial charge on any atom is 0.151 e. The van der Waals surface area contributed by atoms with E-state index in [2.05, 4.69) is 72.1 Å². The zero-order valence-corrected chi connectivity index (χ0v) is 21.2. The Kier molecular flexibility index (Phi) is 11.9. The lowest BCUT2D eigenvalue weighted by Gasteiger charge is -1.99. The number of rotatable bonds is 3. The second-order valence-corrected chi connectivity index (χ2v) is 8.90. The molecule has 156 valence electrons. The second kappa shape index (κ2) is 14.5. The fourth-order valence-corrected chi connectivity index (χ4v) is 3.69. The first kappa shape index (κ1) is 24.7. The fraction of sp³-hybridized carbons (Fsp3) is 0.160. The van der Waals surface area contributed by atoms with E-state index in [1.165, 1.54) is 24.0 Å². The van der Waals surface area contributed by atoms with Crippen LogP contribution in [0.15, 0.2) is 86.2 Å². The summed E-state index contributed by atoms with van der Waals surface area (Å²) in [7, 11) is 0. The molecule has 0 bridgehead atoms. The average Bonchev–Trinajstić information content (AvgIpc) is 3.35. The zero-order valence-electron chi connectivity index (χ0n) is 16.4. The van der Waals surface area contributed by atoms with Crippen LogP contribution in [0.1, 0.15) is 34.3 Å². The molecule has 2 nitrogen and oxygen atoms in total. The Morgan fingerprint density at radius 3 is 1.23 bits per heavy atom. The van der Waals surface area contributed by atoms with Gasteiger partial charge in [-0.05, 0) is 42.2 Å². The van der Waals surface area contributed by atoms with Crippen molar-refractivity contribution in [2.75, 3.05) is 13.2 Å². The smallest absolute Gasteiger partial charge is 0.151 e. The van der Waals surface area contributed by atoms with Crippen LogP contribution in [-0.2, 0) is 4.74 Å². The minimum atomic E-state index is 0.692. The molecular weight excluding hydrogens is 572 g/mol. The normalized spacial score (nSPS) is 12.5. The number of benzene rings is 3. The first-order chi connectivity index (χ1) is 14.6. The first-order valence-corrected chi connectivity index (χ1v) is 11.9. The third kappa shape index (κ3) is 9.09. The molecule has 4 rings (SSSR count). The van der Waals surface area contributed by atoms with Gasteiger partial charge in [0.1, 0.15) is 0 Å². The van der Waals surface area contributed by atoms with Gasteiger partial charge in [0.25, 0.3) is 0 Å². The summed E-state index contributed by atoms with van der Waals surface area (Å²) in [6.45, 7) is 2.00. The van der Waals surface area contributed by atoms with Gasteiger partial charge < -0.3 is 4.74 Å². The first-order valence-electron chi connectivity index (χ1n) is 9.56. The molecule has 1 aliphatic heterocycles. The lowest BCUT2D eigenvalue weighted by molar-refractivity contribution is 0.112. The highest BCUT2D eigenvalue weighted by Gasteiger charge is 1.96. The number of aldehydes is 1. The van der Waals surface area contributed by atoms with Crippen molar-refractivity contribution in [2.24, 2.45) is 0 Å². The number of hydrogen-bond donors (Lipinski definition) is 0. The van der Waals surface area contributed by atoms with E-state index >= 15 is 0 Å². The van der Waals surface area contributed by atoms with Gasteiger partial charge in [0.2, 0.25) is 0 Å². The van der Waals surface area contributed by atoms with Crippen LogP contribution in [0.3, 0.4) is 0 Å². The Balaban J connectivity index is 0.000000190. The molecule has 1 aliphatic rings. The summed E-state index contributed by atoms with van der Waals surface area (Å²) in [4.78, 5) is 10.2. The van der Waals surface area contributed by atoms with Gasteiger partial charge in [-0.3, -0.25) is 4.79 Å². The molecule has 0 N–H and O–H groups in total. The standard InChI is InChI=1S/C14H10Br2.C7H5BrO.C4H8O/c15-13-7-3-1-5-11(13)9-10-12-6-2-4-8-14(12)16;8-7-4-2-1-3-6(7)5-9;1-2-4-5-3-1/h1-10H;1-5H;1-4H2/b10-9+;;. The van der Waals surface area contributed by atoms with E-state index in [4.69, 9.17) is 4.74 Å². The lowest BCUT2D eigenvalue weighted by Crippen LogP contribution is -1.78. The van der Waals surface area contributed by atoms with Crippen LogP contribution in [0, 0.1) is 0 Å². The SMILES string of the molecule is Brc1ccccc1/C=C/c1ccccc1Br.C1CCOC1.O=Cc1ccccc1Br. The summed E-state index contributed by atoms with van der Waals surface area (Å²) >= 11 is 10.3. The van der Waals surface area contributed by atoms with Crippen LogP contribution in [0.5, 0.6) is 0 Å². The van der Waals surface area contributed by atoms with E-state index in [9.17, 15) is 4.79 Å². The topological polar surface area (TPSA) is 26.3 Å². The summed E-state index contributed by atoms with van der Waals surface area (Å²) < 4.78 is 8.01. The monoisotopic (exact) mass is 592 g/mol. The van der Waals surface area contributed by atoms with Crippen molar-refractivity contribution in [1.29, 1.82) is 0 Å². The van der Waals surface area contributed by atoms with Crippen LogP contribution in [0.2, 0.25) is 0 Å². The van der Waals surface area contributed by atoms with Gasteiger partial charge in [-0.15, -0.1) is 0 Å². The van der Waals surface area contributed by atoms with Crippen molar-refractivity contribution in [1.82, 2.24) is 0 Å². The van der Waals surface area contributed by atoms with E-state index in [1.807, 2.05) is 54.6 Å². The minimum absolute atomic E-state index is 0.692. The molecule has 1 fully saturated rings. The Labute approximate surface area is 203 Å². The summed E-state index contributed by atoms with van der Waals surface area (Å²) in [5.74, 6) is 0. The molecule has 1 heterocycles. The zero-order chi connectivity index (χ0) is 21.6. The van der Waals surface area contributed by atoms with Crippen molar-refractivity contribution in [2.45, 2.75) is 12.8 Å². The maximum absolute atomic E-state index is 10.2. The molecule has 0 amide bonds. The van der Waals surface area contributed by atoms with E-state index in [-0.39, 0.29) is 0 Å². The van der Waals surface area contributed by atoms with Gasteiger partial charge in [0.05, 0.1) is 0 Å². The average molecular weight is 595 g/mol. The molecule has 0 aliphatic carbocycles. The molecule has 1 saturated heterocycles. The van der Waals surface area contributed by atoms with Gasteiger partial charge in [-0.1, -0.05) is 115 Å². The fourth-order valence-electron chi connectivity index (χ4n) is 2.48. The Bertz CT molecular complexity index is 895. The molecule has 0 spiro atoms. The lowest BCUT2D eigenvalue weighted by atomic mass is 10.1. The molecular formula is C25H23Br3O2. The maximum atomic E-state index is 10.2. The number of carbonyl (C=O) groups is 1. The third-order valence-electron chi connectivity index (χ3n) is 4.11. The third-order valence-corrected chi connectivity index (χ3v) is 6.28. The van der Waals surface area contributed by atoms with Crippen molar-refractivity contribution in [3.63, 3.8) is 0 Å². The van der Waals surface area contributed by atoms with Crippen LogP contribution >= 0.6 is 47.8 Å². The Hall–Kier alpha value is -1.53. The number of carbonyl (C=O) groups excluding carboxylic acids is 1. The molecule has 0 radical (unpaired) electrons. The van der Waals surface area contributed by atoms with Crippen molar-refractivity contribution in [3.8, 4) is 0 Å². The van der Waals surface area contributed by atoms with E-state index < -0.39 is 0 Å². The number of hydrogen-bond acceptors (Lipinski definition) is 2. The summed E-state index contributed by atoms with van der Waals surface area (Å²) in [5, 5.41) is 0. The van der Waals surface area contributed by atoms with E-state index in [1.54, 1.807) is 6.07 Å². The summed E-state index contributed by atoms with van der Waals surface area (Å²) in [5.41, 5.74) is 3.05. The van der Waals surface area contributed by atoms with E-state index in [0.717, 1.165) is 32.9 Å². The predicted octanol–water partition coefficient (Wildman–Crippen LogP) is 8.44. The molecule has 0 unspecified atom stereocenters. The van der Waals surface area contributed by atoms with Crippen LogP contribution in [0.25, 0.3) is 12.2 Å². The van der Waals surface area contributed by atoms with Crippen LogP contribution in [0.4, 0.5) is 0 Å². The Morgan fingerprint density at radius 2 is 0.967 bits per heavy atom. The second-order valence-electron chi connectivity index (χ2n) is 6.34. The molecule has 0 aromatic heterocycles. The molecule has 3 aromatic carbocycles. The summed E-state index contributed by atoms with van der Waals surface area (Å²) in [6.07, 6.45) is 7.58. The quantitative estimate of drug-likeness (QED) is 0.225. The van der Waals surface area contributed by atoms with E-state index in [0.29, 0.717) is 5.56 Å². The predicted molar refractivity (Wildman–Crippen MR) is 137 cm³/mol. The number of ether oxygens (including phenoxy) is 1. The van der Waals surface area contributed by atoms with Gasteiger partial charge in [0.15, 0.2) is 6.29 Å². The van der Waals surface area contributed by atoms with Crippen LogP contribution < -0.4 is 0 Å². The minimum Gasteiger partial charge on any atom is -0.381 e. The number of halogens is 3. The molecule has 3 aromatic rings. The van der Waals surface area contributed by atoms with Gasteiger partial charge >= 0.3 is 0 Å². The highest BCUT2D eigenvalue weighted by Crippen LogP contribution is 2.21. The van der Waals surface area contributed by atoms with Gasteiger partial charge in [0, 0.05) is 32.2 Å².